The molecule has 0 aliphatic heterocycles. The van der Waals surface area contributed by atoms with E-state index in [4.69, 9.17) is 0 Å². The minimum absolute atomic E-state index is 0.248. The second-order valence-corrected chi connectivity index (χ2v) is 8.67. The Balaban J connectivity index is 1.70. The first-order chi connectivity index (χ1) is 13.4. The van der Waals surface area contributed by atoms with E-state index in [1.54, 1.807) is 24.3 Å². The van der Waals surface area contributed by atoms with Crippen molar-refractivity contribution in [3.8, 4) is 0 Å². The van der Waals surface area contributed by atoms with E-state index in [2.05, 4.69) is 4.72 Å². The number of rotatable bonds is 8. The summed E-state index contributed by atoms with van der Waals surface area (Å²) in [6.45, 7) is 2.16. The zero-order chi connectivity index (χ0) is 20.0. The van der Waals surface area contributed by atoms with Gasteiger partial charge >= 0.3 is 0 Å². The van der Waals surface area contributed by atoms with Gasteiger partial charge in [0.1, 0.15) is 5.60 Å². The van der Waals surface area contributed by atoms with Gasteiger partial charge in [-0.3, -0.25) is 0 Å². The summed E-state index contributed by atoms with van der Waals surface area (Å²) in [5.74, 6) is 0. The molecule has 0 fully saturated rings. The number of hydrogen-bond donors (Lipinski definition) is 2. The molecule has 0 aromatic heterocycles. The summed E-state index contributed by atoms with van der Waals surface area (Å²) >= 11 is 0. The van der Waals surface area contributed by atoms with E-state index in [0.717, 1.165) is 16.7 Å². The van der Waals surface area contributed by atoms with Crippen molar-refractivity contribution in [2.24, 2.45) is 0 Å². The van der Waals surface area contributed by atoms with Gasteiger partial charge in [-0.2, -0.15) is 0 Å². The number of aliphatic hydroxyl groups is 1. The molecule has 0 aliphatic rings. The van der Waals surface area contributed by atoms with Crippen LogP contribution in [0.2, 0.25) is 0 Å². The highest BCUT2D eigenvalue weighted by Crippen LogP contribution is 2.33. The standard InChI is InChI=1S/C23H25NO3S/c1-19-13-15-22(16-14-19)28(26,27)24-18-8-17-23(25,20-9-4-2-5-10-20)21-11-6-3-7-12-21/h2-7,9-16,24-25H,8,17-18H2,1H3. The van der Waals surface area contributed by atoms with Crippen LogP contribution in [0.4, 0.5) is 0 Å². The van der Waals surface area contributed by atoms with Crippen molar-refractivity contribution >= 4 is 10.0 Å². The Hall–Kier alpha value is -2.47. The van der Waals surface area contributed by atoms with Gasteiger partial charge in [0, 0.05) is 6.54 Å². The highest BCUT2D eigenvalue weighted by molar-refractivity contribution is 7.89. The molecule has 3 rings (SSSR count). The van der Waals surface area contributed by atoms with Crippen molar-refractivity contribution in [3.63, 3.8) is 0 Å². The first kappa shape index (κ1) is 20.3. The van der Waals surface area contributed by atoms with Crippen LogP contribution in [0.3, 0.4) is 0 Å². The van der Waals surface area contributed by atoms with Crippen LogP contribution in [-0.2, 0) is 15.6 Å². The molecule has 3 aromatic rings. The number of benzene rings is 3. The average Bonchev–Trinajstić information content (AvgIpc) is 2.73. The Labute approximate surface area is 166 Å². The van der Waals surface area contributed by atoms with Gasteiger partial charge in [0.25, 0.3) is 0 Å². The molecule has 2 N–H and O–H groups in total. The fraction of sp³-hybridized carbons (Fsp3) is 0.217. The topological polar surface area (TPSA) is 66.4 Å². The zero-order valence-electron chi connectivity index (χ0n) is 15.9. The van der Waals surface area contributed by atoms with Crippen LogP contribution in [-0.4, -0.2) is 20.1 Å². The van der Waals surface area contributed by atoms with Gasteiger partial charge in [-0.1, -0.05) is 78.4 Å². The van der Waals surface area contributed by atoms with Gasteiger partial charge in [0.05, 0.1) is 4.90 Å². The molecule has 146 valence electrons. The van der Waals surface area contributed by atoms with Crippen LogP contribution in [0.15, 0.2) is 89.8 Å². The van der Waals surface area contributed by atoms with Crippen molar-refractivity contribution < 1.29 is 13.5 Å². The molecule has 4 nitrogen and oxygen atoms in total. The Morgan fingerprint density at radius 3 is 1.82 bits per heavy atom. The maximum Gasteiger partial charge on any atom is 0.240 e. The second kappa shape index (κ2) is 8.69. The molecular formula is C23H25NO3S. The lowest BCUT2D eigenvalue weighted by Crippen LogP contribution is -2.30. The van der Waals surface area contributed by atoms with E-state index < -0.39 is 15.6 Å². The number of hydrogen-bond acceptors (Lipinski definition) is 3. The summed E-state index contributed by atoms with van der Waals surface area (Å²) in [7, 11) is -3.56. The van der Waals surface area contributed by atoms with Crippen molar-refractivity contribution in [1.29, 1.82) is 0 Å². The molecule has 0 amide bonds. The van der Waals surface area contributed by atoms with Gasteiger partial charge in [-0.05, 0) is 43.0 Å². The monoisotopic (exact) mass is 395 g/mol. The lowest BCUT2D eigenvalue weighted by molar-refractivity contribution is 0.0691. The van der Waals surface area contributed by atoms with Crippen molar-refractivity contribution in [2.45, 2.75) is 30.3 Å². The fourth-order valence-corrected chi connectivity index (χ4v) is 4.31. The molecule has 28 heavy (non-hydrogen) atoms. The number of aryl methyl sites for hydroxylation is 1. The van der Waals surface area contributed by atoms with Crippen LogP contribution in [0.1, 0.15) is 29.5 Å². The van der Waals surface area contributed by atoms with Crippen LogP contribution < -0.4 is 4.72 Å². The van der Waals surface area contributed by atoms with Crippen molar-refractivity contribution in [1.82, 2.24) is 4.72 Å². The molecule has 5 heteroatoms. The van der Waals surface area contributed by atoms with Gasteiger partial charge in [0.2, 0.25) is 10.0 Å². The molecule has 0 atom stereocenters. The van der Waals surface area contributed by atoms with E-state index in [1.165, 1.54) is 0 Å². The quantitative estimate of drug-likeness (QED) is 0.567. The lowest BCUT2D eigenvalue weighted by Gasteiger charge is -2.29. The Kier molecular flexibility index (Phi) is 6.29. The Bertz CT molecular complexity index is 946. The summed E-state index contributed by atoms with van der Waals surface area (Å²) in [5.41, 5.74) is 1.43. The van der Waals surface area contributed by atoms with Gasteiger partial charge < -0.3 is 5.11 Å². The second-order valence-electron chi connectivity index (χ2n) is 6.91. The third-order valence-electron chi connectivity index (χ3n) is 4.84. The maximum absolute atomic E-state index is 12.4. The molecule has 0 radical (unpaired) electrons. The molecule has 0 aliphatic carbocycles. The Morgan fingerprint density at radius 1 is 0.821 bits per heavy atom. The minimum atomic E-state index is -3.56. The highest BCUT2D eigenvalue weighted by Gasteiger charge is 2.30. The molecule has 0 bridgehead atoms. The average molecular weight is 396 g/mol. The van der Waals surface area contributed by atoms with Crippen molar-refractivity contribution in [2.75, 3.05) is 6.54 Å². The third-order valence-corrected chi connectivity index (χ3v) is 6.32. The first-order valence-corrected chi connectivity index (χ1v) is 10.8. The SMILES string of the molecule is Cc1ccc(S(=O)(=O)NCCCC(O)(c2ccccc2)c2ccccc2)cc1. The summed E-state index contributed by atoms with van der Waals surface area (Å²) in [5, 5.41) is 11.5. The minimum Gasteiger partial charge on any atom is -0.380 e. The zero-order valence-corrected chi connectivity index (χ0v) is 16.7. The predicted molar refractivity (Wildman–Crippen MR) is 111 cm³/mol. The Morgan fingerprint density at radius 2 is 1.32 bits per heavy atom. The summed E-state index contributed by atoms with van der Waals surface area (Å²) in [6.07, 6.45) is 0.892. The van der Waals surface area contributed by atoms with Gasteiger partial charge in [-0.15, -0.1) is 0 Å². The molecule has 3 aromatic carbocycles. The van der Waals surface area contributed by atoms with E-state index in [1.807, 2.05) is 67.6 Å². The number of nitrogens with one attached hydrogen (secondary N) is 1. The molecule has 0 unspecified atom stereocenters. The fourth-order valence-electron chi connectivity index (χ4n) is 3.23. The molecule has 0 spiro atoms. The van der Waals surface area contributed by atoms with E-state index >= 15 is 0 Å². The third kappa shape index (κ3) is 4.68. The highest BCUT2D eigenvalue weighted by atomic mass is 32.2. The molecular weight excluding hydrogens is 370 g/mol. The smallest absolute Gasteiger partial charge is 0.240 e. The summed E-state index contributed by atoms with van der Waals surface area (Å²) in [4.78, 5) is 0.250. The van der Waals surface area contributed by atoms with Gasteiger partial charge in [0.15, 0.2) is 0 Å². The van der Waals surface area contributed by atoms with Crippen LogP contribution >= 0.6 is 0 Å². The van der Waals surface area contributed by atoms with Crippen LogP contribution in [0.5, 0.6) is 0 Å². The molecule has 0 heterocycles. The summed E-state index contributed by atoms with van der Waals surface area (Å²) < 4.78 is 27.5. The normalized spacial score (nSPS) is 12.1. The maximum atomic E-state index is 12.4. The van der Waals surface area contributed by atoms with Crippen LogP contribution in [0.25, 0.3) is 0 Å². The van der Waals surface area contributed by atoms with E-state index in [9.17, 15) is 13.5 Å². The van der Waals surface area contributed by atoms with Gasteiger partial charge in [-0.25, -0.2) is 13.1 Å². The van der Waals surface area contributed by atoms with Crippen LogP contribution in [0, 0.1) is 6.92 Å². The molecule has 0 saturated heterocycles. The van der Waals surface area contributed by atoms with Crippen molar-refractivity contribution in [3.05, 3.63) is 102 Å². The largest absolute Gasteiger partial charge is 0.380 e. The predicted octanol–water partition coefficient (Wildman–Crippen LogP) is 3.99. The lowest BCUT2D eigenvalue weighted by atomic mass is 9.82. The summed E-state index contributed by atoms with van der Waals surface area (Å²) in [6, 6.07) is 25.7. The molecule has 0 saturated carbocycles. The van der Waals surface area contributed by atoms with E-state index in [-0.39, 0.29) is 11.4 Å². The van der Waals surface area contributed by atoms with E-state index in [0.29, 0.717) is 12.8 Å². The number of sulfonamides is 1. The first-order valence-electron chi connectivity index (χ1n) is 9.32.